The Hall–Kier alpha value is -3.79. The summed E-state index contributed by atoms with van der Waals surface area (Å²) in [5.41, 5.74) is 3.07. The Bertz CT molecular complexity index is 1650. The molecule has 2 aliphatic heterocycles. The number of benzene rings is 2. The van der Waals surface area contributed by atoms with Crippen LogP contribution in [0.5, 0.6) is 0 Å². The number of hydrogen-bond acceptors (Lipinski definition) is 7. The number of amides is 1. The van der Waals surface area contributed by atoms with E-state index in [4.69, 9.17) is 17.2 Å². The van der Waals surface area contributed by atoms with E-state index in [1.54, 1.807) is 17.2 Å². The van der Waals surface area contributed by atoms with E-state index in [9.17, 15) is 9.59 Å². The van der Waals surface area contributed by atoms with E-state index in [2.05, 4.69) is 34.1 Å². The smallest absolute Gasteiger partial charge is 0.267 e. The molecule has 0 N–H and O–H groups in total. The molecular weight excluding hydrogens is 539 g/mol. The van der Waals surface area contributed by atoms with Crippen LogP contribution in [-0.2, 0) is 11.3 Å². The first kappa shape index (κ1) is 26.4. The molecule has 0 aliphatic carbocycles. The molecule has 2 fully saturated rings. The van der Waals surface area contributed by atoms with Crippen molar-refractivity contribution in [3.63, 3.8) is 0 Å². The van der Waals surface area contributed by atoms with Crippen LogP contribution in [0.25, 0.3) is 11.7 Å². The minimum Gasteiger partial charge on any atom is -0.353 e. The summed E-state index contributed by atoms with van der Waals surface area (Å²) < 4.78 is 2.02. The molecule has 2 aromatic heterocycles. The van der Waals surface area contributed by atoms with Crippen LogP contribution in [-0.4, -0.2) is 55.6 Å². The van der Waals surface area contributed by atoms with Crippen LogP contribution in [0.1, 0.15) is 29.7 Å². The van der Waals surface area contributed by atoms with Crippen LogP contribution >= 0.6 is 24.0 Å². The molecule has 4 aromatic rings. The van der Waals surface area contributed by atoms with Crippen LogP contribution in [0.15, 0.2) is 94.8 Å². The summed E-state index contributed by atoms with van der Waals surface area (Å²) >= 11 is 6.87. The number of fused-ring (bicyclic) bond motifs is 1. The molecule has 0 spiro atoms. The third-order valence-electron chi connectivity index (χ3n) is 7.44. The fraction of sp³-hybridized carbons (Fsp3) is 0.226. The van der Waals surface area contributed by atoms with Gasteiger partial charge in [-0.05, 0) is 36.3 Å². The third-order valence-corrected chi connectivity index (χ3v) is 8.77. The Morgan fingerprint density at radius 1 is 0.925 bits per heavy atom. The number of rotatable bonds is 6. The fourth-order valence-electron chi connectivity index (χ4n) is 5.24. The van der Waals surface area contributed by atoms with E-state index in [1.165, 1.54) is 21.7 Å². The first-order chi connectivity index (χ1) is 19.5. The summed E-state index contributed by atoms with van der Waals surface area (Å²) in [4.78, 5) is 39.0. The lowest BCUT2D eigenvalue weighted by Crippen LogP contribution is -2.47. The molecule has 1 atom stereocenters. The maximum absolute atomic E-state index is 13.8. The van der Waals surface area contributed by atoms with E-state index in [0.717, 1.165) is 38.3 Å². The molecule has 7 nitrogen and oxygen atoms in total. The van der Waals surface area contributed by atoms with Gasteiger partial charge in [0.05, 0.1) is 16.5 Å². The maximum Gasteiger partial charge on any atom is 0.267 e. The maximum atomic E-state index is 13.8. The molecule has 40 heavy (non-hydrogen) atoms. The number of anilines is 1. The van der Waals surface area contributed by atoms with Crippen molar-refractivity contribution >= 4 is 51.7 Å². The zero-order chi connectivity index (χ0) is 27.6. The lowest BCUT2D eigenvalue weighted by atomic mass is 10.1. The molecule has 1 unspecified atom stereocenters. The van der Waals surface area contributed by atoms with Gasteiger partial charge in [0.25, 0.3) is 11.5 Å². The highest BCUT2D eigenvalue weighted by molar-refractivity contribution is 8.26. The van der Waals surface area contributed by atoms with E-state index in [-0.39, 0.29) is 17.5 Å². The molecule has 6 rings (SSSR count). The van der Waals surface area contributed by atoms with Gasteiger partial charge < -0.3 is 4.90 Å². The molecule has 0 bridgehead atoms. The highest BCUT2D eigenvalue weighted by Crippen LogP contribution is 2.38. The molecule has 1 amide bonds. The Morgan fingerprint density at radius 2 is 1.60 bits per heavy atom. The van der Waals surface area contributed by atoms with Crippen molar-refractivity contribution in [1.82, 2.24) is 19.2 Å². The summed E-state index contributed by atoms with van der Waals surface area (Å²) in [6.45, 7) is 6.01. The number of piperazine rings is 1. The number of carbonyl (C=O) groups excluding carboxylic acids is 1. The van der Waals surface area contributed by atoms with Crippen LogP contribution in [0.4, 0.5) is 5.82 Å². The van der Waals surface area contributed by atoms with Gasteiger partial charge in [0.2, 0.25) is 0 Å². The number of hydrogen-bond donors (Lipinski definition) is 0. The van der Waals surface area contributed by atoms with Crippen molar-refractivity contribution in [1.29, 1.82) is 0 Å². The highest BCUT2D eigenvalue weighted by atomic mass is 32.2. The van der Waals surface area contributed by atoms with Crippen molar-refractivity contribution in [2.75, 3.05) is 31.1 Å². The molecule has 0 radical (unpaired) electrons. The SMILES string of the molecule is CC(c1ccccc1)N1C(=O)/C(=C\c2c(N3CCN(Cc4ccccc4)CC3)nc3ccccn3c2=O)SC1=S. The molecular formula is C31H29N5O2S2. The topological polar surface area (TPSA) is 61.2 Å². The van der Waals surface area contributed by atoms with Crippen molar-refractivity contribution in [3.8, 4) is 0 Å². The summed E-state index contributed by atoms with van der Waals surface area (Å²) in [5.74, 6) is 0.416. The Balaban J connectivity index is 1.32. The number of aromatic nitrogens is 2. The third kappa shape index (κ3) is 5.20. The lowest BCUT2D eigenvalue weighted by molar-refractivity contribution is -0.123. The zero-order valence-electron chi connectivity index (χ0n) is 22.1. The van der Waals surface area contributed by atoms with Gasteiger partial charge in [0, 0.05) is 38.9 Å². The van der Waals surface area contributed by atoms with Gasteiger partial charge in [0.15, 0.2) is 0 Å². The van der Waals surface area contributed by atoms with Gasteiger partial charge in [-0.25, -0.2) is 4.98 Å². The summed E-state index contributed by atoms with van der Waals surface area (Å²) in [6, 6.07) is 25.6. The zero-order valence-corrected chi connectivity index (χ0v) is 23.8. The number of thioether (sulfide) groups is 1. The summed E-state index contributed by atoms with van der Waals surface area (Å²) in [5, 5.41) is 0. The van der Waals surface area contributed by atoms with Crippen LogP contribution in [0.2, 0.25) is 0 Å². The van der Waals surface area contributed by atoms with Crippen LogP contribution in [0.3, 0.4) is 0 Å². The molecule has 202 valence electrons. The van der Waals surface area contributed by atoms with E-state index < -0.39 is 0 Å². The van der Waals surface area contributed by atoms with Crippen molar-refractivity contribution in [2.45, 2.75) is 19.5 Å². The van der Waals surface area contributed by atoms with Gasteiger partial charge in [-0.1, -0.05) is 90.7 Å². The minimum absolute atomic E-state index is 0.192. The van der Waals surface area contributed by atoms with Gasteiger partial charge in [-0.3, -0.25) is 23.8 Å². The van der Waals surface area contributed by atoms with E-state index in [1.807, 2.05) is 61.5 Å². The van der Waals surface area contributed by atoms with Crippen molar-refractivity contribution in [3.05, 3.63) is 117 Å². The fourth-order valence-corrected chi connectivity index (χ4v) is 6.64. The molecule has 9 heteroatoms. The second kappa shape index (κ2) is 11.4. The van der Waals surface area contributed by atoms with Crippen LogP contribution in [0, 0.1) is 0 Å². The van der Waals surface area contributed by atoms with Crippen molar-refractivity contribution in [2.24, 2.45) is 0 Å². The van der Waals surface area contributed by atoms with Crippen LogP contribution < -0.4 is 10.5 Å². The quantitative estimate of drug-likeness (QED) is 0.241. The highest BCUT2D eigenvalue weighted by Gasteiger charge is 2.36. The molecule has 2 saturated heterocycles. The first-order valence-electron chi connectivity index (χ1n) is 13.3. The Labute approximate surface area is 242 Å². The number of pyridine rings is 1. The first-order valence-corrected chi connectivity index (χ1v) is 14.6. The largest absolute Gasteiger partial charge is 0.353 e. The summed E-state index contributed by atoms with van der Waals surface area (Å²) in [7, 11) is 0. The number of nitrogens with zero attached hydrogens (tertiary/aromatic N) is 5. The number of carbonyl (C=O) groups is 1. The molecule has 2 aromatic carbocycles. The van der Waals surface area contributed by atoms with E-state index in [0.29, 0.717) is 26.3 Å². The monoisotopic (exact) mass is 567 g/mol. The van der Waals surface area contributed by atoms with Gasteiger partial charge in [-0.15, -0.1) is 0 Å². The minimum atomic E-state index is -0.215. The van der Waals surface area contributed by atoms with Gasteiger partial charge in [0.1, 0.15) is 15.8 Å². The second-order valence-electron chi connectivity index (χ2n) is 9.97. The Morgan fingerprint density at radius 3 is 2.33 bits per heavy atom. The molecule has 4 heterocycles. The number of thiocarbonyl (C=S) groups is 1. The summed E-state index contributed by atoms with van der Waals surface area (Å²) in [6.07, 6.45) is 3.41. The average Bonchev–Trinajstić information content (AvgIpc) is 3.27. The lowest BCUT2D eigenvalue weighted by Gasteiger charge is -2.36. The predicted octanol–water partition coefficient (Wildman–Crippen LogP) is 4.98. The van der Waals surface area contributed by atoms with Crippen molar-refractivity contribution < 1.29 is 4.79 Å². The average molecular weight is 568 g/mol. The predicted molar refractivity (Wildman–Crippen MR) is 165 cm³/mol. The van der Waals surface area contributed by atoms with Gasteiger partial charge in [-0.2, -0.15) is 0 Å². The molecule has 0 saturated carbocycles. The second-order valence-corrected chi connectivity index (χ2v) is 11.6. The van der Waals surface area contributed by atoms with Gasteiger partial charge >= 0.3 is 0 Å². The standard InChI is InChI=1S/C31H29N5O2S2/c1-22(24-12-6-3-7-13-24)36-30(38)26(40-31(36)39)20-25-28(32-27-14-8-9-15-35(27)29(25)37)34-18-16-33(17-19-34)21-23-10-4-2-5-11-23/h2-15,20,22H,16-19,21H2,1H3/b26-20+. The van der Waals surface area contributed by atoms with E-state index >= 15 is 0 Å². The molecule has 2 aliphatic rings. The normalized spacial score (nSPS) is 18.2. The Kier molecular flexibility index (Phi) is 7.51.